The minimum absolute atomic E-state index is 0.140. The SMILES string of the molecule is CC(=O)c1cnc(S(=O)(=O)CCC(F)=C(F)F)s1. The van der Waals surface area contributed by atoms with Crippen molar-refractivity contribution < 1.29 is 26.4 Å². The van der Waals surface area contributed by atoms with Crippen LogP contribution in [0.15, 0.2) is 22.4 Å². The molecule has 1 aromatic heterocycles. The molecule has 1 aromatic rings. The molecular weight excluding hydrogens is 291 g/mol. The number of hydrogen-bond donors (Lipinski definition) is 0. The van der Waals surface area contributed by atoms with Crippen molar-refractivity contribution in [2.75, 3.05) is 5.75 Å². The second-order valence-electron chi connectivity index (χ2n) is 3.28. The standard InChI is InChI=1S/C9H8F3NO3S2/c1-5(14)7-4-13-9(17-7)18(15,16)3-2-6(10)8(11)12/h4H,2-3H2,1H3. The molecule has 4 nitrogen and oxygen atoms in total. The highest BCUT2D eigenvalue weighted by Gasteiger charge is 2.21. The molecule has 1 rings (SSSR count). The highest BCUT2D eigenvalue weighted by Crippen LogP contribution is 2.22. The summed E-state index contributed by atoms with van der Waals surface area (Å²) in [5.41, 5.74) is 0. The lowest BCUT2D eigenvalue weighted by atomic mass is 10.4. The fraction of sp³-hybridized carbons (Fsp3) is 0.333. The zero-order chi connectivity index (χ0) is 13.9. The molecule has 1 heterocycles. The van der Waals surface area contributed by atoms with Gasteiger partial charge in [0.2, 0.25) is 14.2 Å². The molecular formula is C9H8F3NO3S2. The van der Waals surface area contributed by atoms with Crippen LogP contribution in [0.25, 0.3) is 0 Å². The fourth-order valence-electron chi connectivity index (χ4n) is 0.970. The van der Waals surface area contributed by atoms with Crippen LogP contribution in [-0.2, 0) is 9.84 Å². The van der Waals surface area contributed by atoms with Crippen molar-refractivity contribution in [3.05, 3.63) is 23.0 Å². The van der Waals surface area contributed by atoms with E-state index in [9.17, 15) is 26.4 Å². The van der Waals surface area contributed by atoms with Crippen LogP contribution in [0.2, 0.25) is 0 Å². The smallest absolute Gasteiger partial charge is 0.294 e. The van der Waals surface area contributed by atoms with Crippen LogP contribution in [0.4, 0.5) is 13.2 Å². The number of aromatic nitrogens is 1. The van der Waals surface area contributed by atoms with Crippen molar-refractivity contribution in [2.24, 2.45) is 0 Å². The Bertz CT molecular complexity index is 588. The van der Waals surface area contributed by atoms with Crippen molar-refractivity contribution in [1.82, 2.24) is 4.98 Å². The number of ketones is 1. The van der Waals surface area contributed by atoms with E-state index in [4.69, 9.17) is 0 Å². The lowest BCUT2D eigenvalue weighted by molar-refractivity contribution is 0.102. The predicted octanol–water partition coefficient (Wildman–Crippen LogP) is 2.59. The molecule has 0 aromatic carbocycles. The Morgan fingerprint density at radius 2 is 2.00 bits per heavy atom. The molecule has 0 aliphatic heterocycles. The van der Waals surface area contributed by atoms with Gasteiger partial charge in [-0.3, -0.25) is 4.79 Å². The molecule has 0 atom stereocenters. The number of rotatable bonds is 5. The van der Waals surface area contributed by atoms with Gasteiger partial charge in [-0.15, -0.1) is 0 Å². The number of nitrogens with zero attached hydrogens (tertiary/aromatic N) is 1. The van der Waals surface area contributed by atoms with E-state index >= 15 is 0 Å². The predicted molar refractivity (Wildman–Crippen MR) is 59.1 cm³/mol. The van der Waals surface area contributed by atoms with Gasteiger partial charge in [-0.2, -0.15) is 8.78 Å². The first-order valence-corrected chi connectivity index (χ1v) is 7.10. The van der Waals surface area contributed by atoms with Crippen LogP contribution in [0.5, 0.6) is 0 Å². The van der Waals surface area contributed by atoms with Crippen molar-refractivity contribution in [2.45, 2.75) is 17.7 Å². The number of halogens is 3. The van der Waals surface area contributed by atoms with Crippen molar-refractivity contribution in [3.8, 4) is 0 Å². The van der Waals surface area contributed by atoms with E-state index in [1.54, 1.807) is 0 Å². The summed E-state index contributed by atoms with van der Waals surface area (Å²) >= 11 is 0.633. The molecule has 0 saturated carbocycles. The number of carbonyl (C=O) groups is 1. The Balaban J connectivity index is 2.87. The third-order valence-electron chi connectivity index (χ3n) is 1.89. The van der Waals surface area contributed by atoms with E-state index < -0.39 is 33.9 Å². The molecule has 100 valence electrons. The third-order valence-corrected chi connectivity index (χ3v) is 5.18. The first-order valence-electron chi connectivity index (χ1n) is 4.63. The van der Waals surface area contributed by atoms with Crippen LogP contribution in [0, 0.1) is 0 Å². The molecule has 0 aliphatic carbocycles. The number of thiazole rings is 1. The minimum Gasteiger partial charge on any atom is -0.294 e. The van der Waals surface area contributed by atoms with E-state index in [0.29, 0.717) is 11.3 Å². The Hall–Kier alpha value is -1.22. The molecule has 0 amide bonds. The van der Waals surface area contributed by atoms with Crippen molar-refractivity contribution in [3.63, 3.8) is 0 Å². The topological polar surface area (TPSA) is 64.1 Å². The maximum Gasteiger partial charge on any atom is 0.301 e. The van der Waals surface area contributed by atoms with E-state index in [-0.39, 0.29) is 15.0 Å². The molecule has 0 bridgehead atoms. The summed E-state index contributed by atoms with van der Waals surface area (Å²) in [7, 11) is -3.95. The Morgan fingerprint density at radius 3 is 2.44 bits per heavy atom. The summed E-state index contributed by atoms with van der Waals surface area (Å²) in [5.74, 6) is -2.93. The van der Waals surface area contributed by atoms with Crippen LogP contribution < -0.4 is 0 Å². The third kappa shape index (κ3) is 3.64. The van der Waals surface area contributed by atoms with Crippen molar-refractivity contribution >= 4 is 27.0 Å². The van der Waals surface area contributed by atoms with Gasteiger partial charge in [0.05, 0.1) is 16.8 Å². The number of hydrogen-bond acceptors (Lipinski definition) is 5. The average molecular weight is 299 g/mol. The second kappa shape index (κ2) is 5.61. The first kappa shape index (κ1) is 14.8. The summed E-state index contributed by atoms with van der Waals surface area (Å²) in [6.45, 7) is 1.24. The van der Waals surface area contributed by atoms with Gasteiger partial charge in [-0.25, -0.2) is 17.8 Å². The fourth-order valence-corrected chi connectivity index (χ4v) is 3.38. The number of carbonyl (C=O) groups excluding carboxylic acids is 1. The Labute approximate surface area is 105 Å². The van der Waals surface area contributed by atoms with E-state index in [1.165, 1.54) is 6.92 Å². The lowest BCUT2D eigenvalue weighted by Crippen LogP contribution is -2.06. The maximum atomic E-state index is 12.5. The quantitative estimate of drug-likeness (QED) is 0.784. The van der Waals surface area contributed by atoms with Gasteiger partial charge in [-0.1, -0.05) is 11.3 Å². The van der Waals surface area contributed by atoms with Gasteiger partial charge < -0.3 is 0 Å². The number of sulfone groups is 1. The maximum absolute atomic E-state index is 12.5. The van der Waals surface area contributed by atoms with Crippen LogP contribution in [0.3, 0.4) is 0 Å². The molecule has 0 saturated heterocycles. The molecule has 9 heteroatoms. The molecule has 0 aliphatic rings. The zero-order valence-corrected chi connectivity index (χ0v) is 10.7. The zero-order valence-electron chi connectivity index (χ0n) is 9.11. The number of Topliss-reactive ketones (excluding diaryl/α,β-unsaturated/α-hetero) is 1. The minimum atomic E-state index is -3.95. The van der Waals surface area contributed by atoms with Gasteiger partial charge in [-0.05, 0) is 0 Å². The molecule has 0 radical (unpaired) electrons. The highest BCUT2D eigenvalue weighted by atomic mass is 32.2. The van der Waals surface area contributed by atoms with Gasteiger partial charge in [0.1, 0.15) is 0 Å². The highest BCUT2D eigenvalue weighted by molar-refractivity contribution is 7.93. The lowest BCUT2D eigenvalue weighted by Gasteiger charge is -1.98. The Kier molecular flexibility index (Phi) is 4.63. The summed E-state index contributed by atoms with van der Waals surface area (Å²) in [4.78, 5) is 14.6. The first-order chi connectivity index (χ1) is 8.24. The van der Waals surface area contributed by atoms with Gasteiger partial charge >= 0.3 is 6.08 Å². The summed E-state index contributed by atoms with van der Waals surface area (Å²) < 4.78 is 58.9. The molecule has 0 spiro atoms. The average Bonchev–Trinajstić information content (AvgIpc) is 2.75. The van der Waals surface area contributed by atoms with Gasteiger partial charge in [0.15, 0.2) is 11.6 Å². The monoisotopic (exact) mass is 299 g/mol. The van der Waals surface area contributed by atoms with E-state index in [2.05, 4.69) is 4.98 Å². The molecule has 0 fully saturated rings. The van der Waals surface area contributed by atoms with Crippen LogP contribution in [-0.4, -0.2) is 24.9 Å². The van der Waals surface area contributed by atoms with Gasteiger partial charge in [0, 0.05) is 13.3 Å². The second-order valence-corrected chi connectivity index (χ2v) is 6.59. The normalized spacial score (nSPS) is 11.3. The van der Waals surface area contributed by atoms with E-state index in [0.717, 1.165) is 6.20 Å². The summed E-state index contributed by atoms with van der Waals surface area (Å²) in [6, 6.07) is 0. The molecule has 18 heavy (non-hydrogen) atoms. The summed E-state index contributed by atoms with van der Waals surface area (Å²) in [5, 5.41) is 0. The largest absolute Gasteiger partial charge is 0.301 e. The number of allylic oxidation sites excluding steroid dienone is 1. The van der Waals surface area contributed by atoms with Crippen LogP contribution in [0.1, 0.15) is 23.0 Å². The van der Waals surface area contributed by atoms with Gasteiger partial charge in [0.25, 0.3) is 0 Å². The Morgan fingerprint density at radius 1 is 1.39 bits per heavy atom. The van der Waals surface area contributed by atoms with Crippen LogP contribution >= 0.6 is 11.3 Å². The summed E-state index contributed by atoms with van der Waals surface area (Å²) in [6.07, 6.45) is -2.37. The molecule has 0 unspecified atom stereocenters. The van der Waals surface area contributed by atoms with Crippen molar-refractivity contribution in [1.29, 1.82) is 0 Å². The van der Waals surface area contributed by atoms with E-state index in [1.807, 2.05) is 0 Å². The molecule has 0 N–H and O–H groups in total.